The van der Waals surface area contributed by atoms with Crippen LogP contribution in [-0.2, 0) is 9.59 Å². The monoisotopic (exact) mass is 440 g/mol. The molecule has 4 N–H and O–H groups in total. The van der Waals surface area contributed by atoms with E-state index in [9.17, 15) is 9.59 Å². The summed E-state index contributed by atoms with van der Waals surface area (Å²) in [7, 11) is 0. The van der Waals surface area contributed by atoms with Gasteiger partial charge in [0.2, 0.25) is 0 Å². The Hall–Kier alpha value is -3.24. The molecule has 2 aromatic carbocycles. The minimum Gasteiger partial charge on any atom is -0.345 e. The fourth-order valence-corrected chi connectivity index (χ4v) is 4.16. The van der Waals surface area contributed by atoms with Crippen LogP contribution in [0.3, 0.4) is 0 Å². The van der Waals surface area contributed by atoms with E-state index in [0.29, 0.717) is 11.4 Å². The van der Waals surface area contributed by atoms with Crippen molar-refractivity contribution >= 4 is 57.8 Å². The second-order valence-corrected chi connectivity index (χ2v) is 8.15. The fraction of sp³-hybridized carbons (Fsp3) is 0.200. The van der Waals surface area contributed by atoms with Gasteiger partial charge in [0.05, 0.1) is 11.4 Å². The first-order valence-corrected chi connectivity index (χ1v) is 10.0. The van der Waals surface area contributed by atoms with Crippen molar-refractivity contribution in [1.29, 1.82) is 0 Å². The first-order chi connectivity index (χ1) is 14.3. The number of hydrogen-bond donors (Lipinski definition) is 4. The van der Waals surface area contributed by atoms with Gasteiger partial charge in [0.25, 0.3) is 11.8 Å². The molecule has 30 heavy (non-hydrogen) atoms. The molecule has 0 radical (unpaired) electrons. The van der Waals surface area contributed by atoms with Crippen molar-refractivity contribution in [3.63, 3.8) is 0 Å². The molecule has 2 aliphatic heterocycles. The highest BCUT2D eigenvalue weighted by Crippen LogP contribution is 2.33. The first kappa shape index (κ1) is 20.0. The molecule has 2 saturated heterocycles. The maximum Gasteiger partial charge on any atom is 0.274 e. The number of hydrogen-bond acceptors (Lipinski definition) is 4. The third-order valence-electron chi connectivity index (χ3n) is 5.44. The van der Waals surface area contributed by atoms with Gasteiger partial charge in [-0.2, -0.15) is 0 Å². The van der Waals surface area contributed by atoms with E-state index < -0.39 is 11.1 Å². The molecule has 2 fully saturated rings. The van der Waals surface area contributed by atoms with Crippen molar-refractivity contribution in [3.8, 4) is 0 Å². The van der Waals surface area contributed by atoms with E-state index in [1.807, 2.05) is 36.4 Å². The van der Waals surface area contributed by atoms with Gasteiger partial charge in [-0.3, -0.25) is 20.4 Å². The summed E-state index contributed by atoms with van der Waals surface area (Å²) >= 11 is 10.8. The summed E-state index contributed by atoms with van der Waals surface area (Å²) in [5.41, 5.74) is 4.05. The van der Waals surface area contributed by atoms with Crippen molar-refractivity contribution in [2.24, 2.45) is 0 Å². The summed E-state index contributed by atoms with van der Waals surface area (Å²) in [6.45, 7) is 3.28. The molecule has 0 bridgehead atoms. The summed E-state index contributed by atoms with van der Waals surface area (Å²) in [4.78, 5) is 27.3. The summed E-state index contributed by atoms with van der Waals surface area (Å²) in [6, 6.07) is 18.1. The van der Waals surface area contributed by atoms with Crippen LogP contribution in [0.5, 0.6) is 0 Å². The Bertz CT molecular complexity index is 951. The molecule has 0 aliphatic carbocycles. The predicted octanol–water partition coefficient (Wildman–Crippen LogP) is 1.36. The van der Waals surface area contributed by atoms with Gasteiger partial charge in [0, 0.05) is 0 Å². The van der Waals surface area contributed by atoms with Gasteiger partial charge in [-0.1, -0.05) is 36.4 Å². The number of anilines is 2. The maximum absolute atomic E-state index is 13.7. The molecule has 0 aromatic heterocycles. The lowest BCUT2D eigenvalue weighted by molar-refractivity contribution is -0.137. The average molecular weight is 441 g/mol. The highest BCUT2D eigenvalue weighted by atomic mass is 32.1. The van der Waals surface area contributed by atoms with Gasteiger partial charge in [-0.05, 0) is 62.5 Å². The third-order valence-corrected chi connectivity index (χ3v) is 5.83. The number of carbonyl (C=O) groups excluding carboxylic acids is 2. The van der Waals surface area contributed by atoms with E-state index in [-0.39, 0.29) is 22.0 Å². The molecule has 4 rings (SSSR count). The van der Waals surface area contributed by atoms with Crippen LogP contribution in [0, 0.1) is 0 Å². The summed E-state index contributed by atoms with van der Waals surface area (Å²) in [5, 5.41) is 9.13. The van der Waals surface area contributed by atoms with Crippen molar-refractivity contribution in [2.45, 2.75) is 24.9 Å². The lowest BCUT2D eigenvalue weighted by Crippen LogP contribution is -2.86. The predicted molar refractivity (Wildman–Crippen MR) is 122 cm³/mol. The maximum atomic E-state index is 13.7. The number of benzene rings is 2. The van der Waals surface area contributed by atoms with Gasteiger partial charge < -0.3 is 10.6 Å². The van der Waals surface area contributed by atoms with Crippen LogP contribution in [0.15, 0.2) is 60.7 Å². The van der Waals surface area contributed by atoms with Crippen LogP contribution >= 0.6 is 24.4 Å². The molecular weight excluding hydrogens is 420 g/mol. The normalized spacial score (nSPS) is 26.5. The van der Waals surface area contributed by atoms with E-state index in [0.717, 1.165) is 0 Å². The molecule has 154 valence electrons. The summed E-state index contributed by atoms with van der Waals surface area (Å²) < 4.78 is 0. The van der Waals surface area contributed by atoms with Gasteiger partial charge in [0.1, 0.15) is 11.1 Å². The van der Waals surface area contributed by atoms with Gasteiger partial charge >= 0.3 is 0 Å². The van der Waals surface area contributed by atoms with E-state index in [4.69, 9.17) is 24.4 Å². The zero-order chi connectivity index (χ0) is 21.5. The van der Waals surface area contributed by atoms with E-state index in [1.165, 1.54) is 10.0 Å². The zero-order valence-corrected chi connectivity index (χ0v) is 17.9. The molecule has 2 amide bonds. The van der Waals surface area contributed by atoms with Crippen molar-refractivity contribution in [3.05, 3.63) is 60.7 Å². The zero-order valence-electron chi connectivity index (χ0n) is 16.3. The average Bonchev–Trinajstić information content (AvgIpc) is 2.74. The lowest BCUT2D eigenvalue weighted by Gasteiger charge is -2.53. The smallest absolute Gasteiger partial charge is 0.274 e. The fourth-order valence-electron chi connectivity index (χ4n) is 3.56. The van der Waals surface area contributed by atoms with Crippen LogP contribution in [0.25, 0.3) is 0 Å². The van der Waals surface area contributed by atoms with Crippen molar-refractivity contribution in [2.75, 3.05) is 10.0 Å². The molecule has 0 spiro atoms. The minimum absolute atomic E-state index is 0.215. The van der Waals surface area contributed by atoms with Crippen LogP contribution in [-0.4, -0.2) is 33.1 Å². The highest BCUT2D eigenvalue weighted by molar-refractivity contribution is 7.80. The van der Waals surface area contributed by atoms with Crippen LogP contribution in [0.4, 0.5) is 11.4 Å². The minimum atomic E-state index is -1.44. The number of nitrogens with zero attached hydrogens (tertiary/aromatic N) is 2. The molecule has 0 unspecified atom stereocenters. The number of para-hydroxylation sites is 2. The standard InChI is InChI=1S/C20H20N6O2S2/c1-19(15(27)25(23-17(29)21-19)13-9-5-3-6-10-13)20(2)16(28)26(24-18(30)22-20)14-11-7-4-8-12-14/h3-12H,1-2H3,(H2,21,23,29)(H2,22,24,30)/t19-,20-/m0/s1. The molecule has 10 heteroatoms. The Morgan fingerprint density at radius 1 is 0.667 bits per heavy atom. The number of hydrazine groups is 2. The summed E-state index contributed by atoms with van der Waals surface area (Å²) in [6.07, 6.45) is 0. The second kappa shape index (κ2) is 7.22. The molecular formula is C20H20N6O2S2. The molecule has 2 heterocycles. The Kier molecular flexibility index (Phi) is 4.83. The largest absolute Gasteiger partial charge is 0.345 e. The van der Waals surface area contributed by atoms with E-state index >= 15 is 0 Å². The number of carbonyl (C=O) groups is 2. The Balaban J connectivity index is 1.77. The van der Waals surface area contributed by atoms with Crippen LogP contribution in [0.2, 0.25) is 0 Å². The second-order valence-electron chi connectivity index (χ2n) is 7.33. The van der Waals surface area contributed by atoms with Crippen LogP contribution in [0.1, 0.15) is 13.8 Å². The third kappa shape index (κ3) is 3.04. The molecule has 8 nitrogen and oxygen atoms in total. The molecule has 0 saturated carbocycles. The summed E-state index contributed by atoms with van der Waals surface area (Å²) in [5.74, 6) is -0.772. The van der Waals surface area contributed by atoms with E-state index in [2.05, 4.69) is 21.5 Å². The van der Waals surface area contributed by atoms with Gasteiger partial charge in [0.15, 0.2) is 10.2 Å². The lowest BCUT2D eigenvalue weighted by atomic mass is 9.76. The number of thiocarbonyl (C=S) groups is 2. The molecule has 2 atom stereocenters. The number of amides is 2. The Morgan fingerprint density at radius 3 is 1.33 bits per heavy atom. The Morgan fingerprint density at radius 2 is 1.00 bits per heavy atom. The van der Waals surface area contributed by atoms with E-state index in [1.54, 1.807) is 38.1 Å². The number of rotatable bonds is 3. The van der Waals surface area contributed by atoms with Crippen molar-refractivity contribution < 1.29 is 9.59 Å². The highest BCUT2D eigenvalue weighted by Gasteiger charge is 2.62. The van der Waals surface area contributed by atoms with Gasteiger partial charge in [-0.25, -0.2) is 10.0 Å². The number of nitrogens with one attached hydrogen (secondary N) is 4. The van der Waals surface area contributed by atoms with Gasteiger partial charge in [-0.15, -0.1) is 0 Å². The SMILES string of the molecule is C[C@]1([C@@]2(C)NC(=S)NN(c3ccccc3)C2=O)NC(=S)NN(c2ccccc2)C1=O. The molecule has 2 aromatic rings. The Labute approximate surface area is 184 Å². The quantitative estimate of drug-likeness (QED) is 0.532. The molecule has 2 aliphatic rings. The topological polar surface area (TPSA) is 88.7 Å². The van der Waals surface area contributed by atoms with Crippen molar-refractivity contribution in [1.82, 2.24) is 21.5 Å². The van der Waals surface area contributed by atoms with Crippen LogP contribution < -0.4 is 31.5 Å². The first-order valence-electron chi connectivity index (χ1n) is 9.23.